The normalized spacial score (nSPS) is 7.40. The summed E-state index contributed by atoms with van der Waals surface area (Å²) in [6.45, 7) is 0. The summed E-state index contributed by atoms with van der Waals surface area (Å²) >= 11 is 2.59. The summed E-state index contributed by atoms with van der Waals surface area (Å²) in [4.78, 5) is 9.27. The van der Waals surface area contributed by atoms with Crippen LogP contribution in [0.4, 0.5) is 0 Å². The van der Waals surface area contributed by atoms with Gasteiger partial charge in [0.25, 0.3) is 0 Å². The van der Waals surface area contributed by atoms with Crippen molar-refractivity contribution in [1.82, 2.24) is 0 Å². The van der Waals surface area contributed by atoms with Crippen molar-refractivity contribution < 1.29 is 9.90 Å². The van der Waals surface area contributed by atoms with Gasteiger partial charge in [0, 0.05) is 0 Å². The van der Waals surface area contributed by atoms with Crippen molar-refractivity contribution >= 4 is 21.9 Å². The zero-order valence-electron chi connectivity index (χ0n) is 2.31. The second kappa shape index (κ2) is 2.20. The molecule has 0 aromatic carbocycles. The molecule has 0 bridgehead atoms. The van der Waals surface area contributed by atoms with Gasteiger partial charge in [0.05, 0.1) is 0 Å². The minimum absolute atomic E-state index is 0.896. The molecular weight excluding hydrogens is 136 g/mol. The van der Waals surface area contributed by atoms with Crippen LogP contribution in [0.1, 0.15) is 0 Å². The molecule has 0 fully saturated rings. The van der Waals surface area contributed by atoms with Gasteiger partial charge in [-0.1, -0.05) is 15.9 Å². The van der Waals surface area contributed by atoms with Crippen molar-refractivity contribution in [3.63, 3.8) is 0 Å². The van der Waals surface area contributed by atoms with Crippen molar-refractivity contribution in [3.8, 4) is 0 Å². The highest BCUT2D eigenvalue weighted by Crippen LogP contribution is 1.83. The predicted molar refractivity (Wildman–Crippen MR) is 20.9 cm³/mol. The second-order valence-corrected chi connectivity index (χ2v) is 0.905. The van der Waals surface area contributed by atoms with Crippen LogP contribution >= 0.6 is 15.9 Å². The van der Waals surface area contributed by atoms with Crippen molar-refractivity contribution in [2.24, 2.45) is 0 Å². The fourth-order valence-electron chi connectivity index (χ4n) is 0. The van der Waals surface area contributed by atoms with Crippen LogP contribution in [0, 0.1) is 5.33 Å². The Morgan fingerprint density at radius 2 is 2.20 bits per heavy atom. The molecule has 0 unspecified atom stereocenters. The smallest absolute Gasteiger partial charge is 0.319 e. The van der Waals surface area contributed by atoms with Crippen molar-refractivity contribution in [3.05, 3.63) is 5.33 Å². The molecular formula is C2H2BrO2. The highest BCUT2D eigenvalue weighted by atomic mass is 79.9. The van der Waals surface area contributed by atoms with E-state index in [1.807, 2.05) is 0 Å². The van der Waals surface area contributed by atoms with Gasteiger partial charge in [-0.2, -0.15) is 0 Å². The van der Waals surface area contributed by atoms with Crippen molar-refractivity contribution in [2.45, 2.75) is 0 Å². The summed E-state index contributed by atoms with van der Waals surface area (Å²) in [6.07, 6.45) is 0. The molecule has 5 heavy (non-hydrogen) atoms. The zero-order valence-corrected chi connectivity index (χ0v) is 3.90. The first-order valence-electron chi connectivity index (χ1n) is 0.935. The molecule has 0 spiro atoms. The first-order chi connectivity index (χ1) is 2.27. The Hall–Kier alpha value is -0.0500. The van der Waals surface area contributed by atoms with E-state index in [1.165, 1.54) is 0 Å². The fourth-order valence-corrected chi connectivity index (χ4v) is 0. The molecule has 2 nitrogen and oxygen atoms in total. The number of aliphatic carboxylic acids is 1. The highest BCUT2D eigenvalue weighted by Gasteiger charge is 1.84. The molecule has 0 aliphatic heterocycles. The van der Waals surface area contributed by atoms with E-state index in [2.05, 4.69) is 15.9 Å². The Labute approximate surface area is 37.9 Å². The third-order valence-corrected chi connectivity index (χ3v) is 0.485. The lowest BCUT2D eigenvalue weighted by atomic mass is 10.8. The summed E-state index contributed by atoms with van der Waals surface area (Å²) in [5.41, 5.74) is 0. The summed E-state index contributed by atoms with van der Waals surface area (Å²) in [5.74, 6) is -0.954. The van der Waals surface area contributed by atoms with Crippen LogP contribution in [0.5, 0.6) is 0 Å². The third-order valence-electron chi connectivity index (χ3n) is 0.0933. The Balaban J connectivity index is 2.85. The SMILES string of the molecule is O=C(O)[CH]Br. The van der Waals surface area contributed by atoms with E-state index in [4.69, 9.17) is 5.11 Å². The topological polar surface area (TPSA) is 37.3 Å². The monoisotopic (exact) mass is 137 g/mol. The molecule has 1 radical (unpaired) electrons. The quantitative estimate of drug-likeness (QED) is 0.576. The van der Waals surface area contributed by atoms with Crippen LogP contribution in [0.2, 0.25) is 0 Å². The minimum Gasteiger partial charge on any atom is -0.480 e. The number of carbonyl (C=O) groups is 1. The number of halogens is 1. The lowest BCUT2D eigenvalue weighted by molar-refractivity contribution is -0.132. The van der Waals surface area contributed by atoms with Gasteiger partial charge in [0.15, 0.2) is 0 Å². The summed E-state index contributed by atoms with van der Waals surface area (Å²) in [7, 11) is 0. The molecule has 0 aliphatic carbocycles. The number of carboxylic acids is 1. The lowest BCUT2D eigenvalue weighted by Gasteiger charge is -1.69. The molecule has 0 rings (SSSR count). The zero-order chi connectivity index (χ0) is 4.28. The average Bonchev–Trinajstić information content (AvgIpc) is 1.38. The van der Waals surface area contributed by atoms with Crippen molar-refractivity contribution in [2.75, 3.05) is 0 Å². The van der Waals surface area contributed by atoms with Crippen LogP contribution in [0.15, 0.2) is 0 Å². The predicted octanol–water partition coefficient (Wildman–Crippen LogP) is 0.628. The minimum atomic E-state index is -0.954. The maximum Gasteiger partial charge on any atom is 0.319 e. The third kappa shape index (κ3) is 3.95. The molecule has 0 saturated carbocycles. The summed E-state index contributed by atoms with van der Waals surface area (Å²) < 4.78 is 0. The molecule has 0 aromatic heterocycles. The van der Waals surface area contributed by atoms with Gasteiger partial charge in [-0.15, -0.1) is 0 Å². The molecule has 0 heterocycles. The summed E-state index contributed by atoms with van der Waals surface area (Å²) in [5, 5.41) is 8.52. The fraction of sp³-hybridized carbons (Fsp3) is 0. The second-order valence-electron chi connectivity index (χ2n) is 0.447. The molecule has 1 N–H and O–H groups in total. The highest BCUT2D eigenvalue weighted by molar-refractivity contribution is 9.11. The van der Waals surface area contributed by atoms with Gasteiger partial charge in [-0.25, -0.2) is 0 Å². The van der Waals surface area contributed by atoms with Crippen LogP contribution in [-0.4, -0.2) is 11.1 Å². The number of hydrogen-bond acceptors (Lipinski definition) is 1. The number of carboxylic acid groups (broad SMARTS) is 1. The molecule has 0 aromatic rings. The van der Waals surface area contributed by atoms with Gasteiger partial charge in [-0.05, 0) is 0 Å². The largest absolute Gasteiger partial charge is 0.480 e. The van der Waals surface area contributed by atoms with E-state index in [9.17, 15) is 4.79 Å². The van der Waals surface area contributed by atoms with E-state index < -0.39 is 5.97 Å². The molecule has 0 aliphatic rings. The first-order valence-corrected chi connectivity index (χ1v) is 1.85. The van der Waals surface area contributed by atoms with E-state index in [-0.39, 0.29) is 0 Å². The first kappa shape index (κ1) is 4.95. The lowest BCUT2D eigenvalue weighted by Crippen LogP contribution is -1.85. The summed E-state index contributed by atoms with van der Waals surface area (Å²) in [6, 6.07) is 0. The van der Waals surface area contributed by atoms with Gasteiger partial charge in [0.1, 0.15) is 5.33 Å². The van der Waals surface area contributed by atoms with Crippen LogP contribution in [-0.2, 0) is 4.79 Å². The van der Waals surface area contributed by atoms with Gasteiger partial charge < -0.3 is 5.11 Å². The Morgan fingerprint density at radius 3 is 2.20 bits per heavy atom. The number of hydrogen-bond donors (Lipinski definition) is 1. The Morgan fingerprint density at radius 1 is 2.00 bits per heavy atom. The van der Waals surface area contributed by atoms with Gasteiger partial charge >= 0.3 is 5.97 Å². The van der Waals surface area contributed by atoms with Gasteiger partial charge in [0.2, 0.25) is 0 Å². The average molecular weight is 138 g/mol. The van der Waals surface area contributed by atoms with Crippen LogP contribution < -0.4 is 0 Å². The van der Waals surface area contributed by atoms with Gasteiger partial charge in [-0.3, -0.25) is 4.79 Å². The van der Waals surface area contributed by atoms with E-state index in [1.54, 1.807) is 0 Å². The van der Waals surface area contributed by atoms with E-state index in [0.717, 1.165) is 5.33 Å². The molecule has 0 saturated heterocycles. The Kier molecular flexibility index (Phi) is 2.18. The maximum absolute atomic E-state index is 9.27. The maximum atomic E-state index is 9.27. The molecule has 0 amide bonds. The standard InChI is InChI=1S/C2H2BrO2/c3-1-2(4)5/h1H,(H,4,5). The molecule has 0 atom stereocenters. The van der Waals surface area contributed by atoms with Crippen LogP contribution in [0.3, 0.4) is 0 Å². The molecule has 3 heteroatoms. The van der Waals surface area contributed by atoms with E-state index in [0.29, 0.717) is 0 Å². The number of rotatable bonds is 1. The van der Waals surface area contributed by atoms with Crippen LogP contribution in [0.25, 0.3) is 0 Å². The molecule has 29 valence electrons. The van der Waals surface area contributed by atoms with Crippen molar-refractivity contribution in [1.29, 1.82) is 0 Å². The Bertz CT molecular complexity index is 42.9. The van der Waals surface area contributed by atoms with E-state index >= 15 is 0 Å².